The van der Waals surface area contributed by atoms with Crippen LogP contribution in [0.2, 0.25) is 12.6 Å². The first-order chi connectivity index (χ1) is 6.68. The van der Waals surface area contributed by atoms with E-state index in [1.165, 1.54) is 11.8 Å². The number of hydrogen-bond acceptors (Lipinski definition) is 4. The van der Waals surface area contributed by atoms with E-state index in [1.807, 2.05) is 13.8 Å². The quantitative estimate of drug-likeness (QED) is 0.367. The summed E-state index contributed by atoms with van der Waals surface area (Å²) in [6, 6.07) is 0.976. The second-order valence-electron chi connectivity index (χ2n) is 3.04. The molecule has 14 heavy (non-hydrogen) atoms. The summed E-state index contributed by atoms with van der Waals surface area (Å²) >= 11 is 1.30. The Hall–Kier alpha value is -0.0231. The van der Waals surface area contributed by atoms with Crippen LogP contribution in [-0.2, 0) is 8.85 Å². The summed E-state index contributed by atoms with van der Waals surface area (Å²) in [6.07, 6.45) is 1.00. The van der Waals surface area contributed by atoms with Crippen molar-refractivity contribution >= 4 is 20.3 Å². The van der Waals surface area contributed by atoms with E-state index in [0.717, 1.165) is 18.2 Å². The van der Waals surface area contributed by atoms with E-state index in [0.29, 0.717) is 13.2 Å². The maximum atomic E-state index is 8.36. The van der Waals surface area contributed by atoms with Crippen LogP contribution in [0.4, 0.5) is 0 Å². The SMILES string of the molecule is CCO[Si](C)(CCCSC#N)OCC. The molecular formula is C9H19NO2SSi. The van der Waals surface area contributed by atoms with Crippen LogP contribution in [0.15, 0.2) is 0 Å². The van der Waals surface area contributed by atoms with Crippen molar-refractivity contribution in [3.05, 3.63) is 0 Å². The van der Waals surface area contributed by atoms with Crippen molar-refractivity contribution in [1.29, 1.82) is 5.26 Å². The zero-order valence-corrected chi connectivity index (χ0v) is 11.0. The van der Waals surface area contributed by atoms with Crippen LogP contribution in [0.1, 0.15) is 20.3 Å². The van der Waals surface area contributed by atoms with E-state index in [2.05, 4.69) is 11.9 Å². The van der Waals surface area contributed by atoms with E-state index in [-0.39, 0.29) is 0 Å². The minimum atomic E-state index is -1.92. The van der Waals surface area contributed by atoms with Crippen LogP contribution in [0.25, 0.3) is 0 Å². The topological polar surface area (TPSA) is 42.2 Å². The minimum Gasteiger partial charge on any atom is -0.395 e. The van der Waals surface area contributed by atoms with Crippen LogP contribution < -0.4 is 0 Å². The highest BCUT2D eigenvalue weighted by molar-refractivity contribution is 8.03. The number of hydrogen-bond donors (Lipinski definition) is 0. The fourth-order valence-corrected chi connectivity index (χ4v) is 4.36. The minimum absolute atomic E-state index is 0.716. The molecule has 0 N–H and O–H groups in total. The van der Waals surface area contributed by atoms with Gasteiger partial charge in [0.1, 0.15) is 5.40 Å². The van der Waals surface area contributed by atoms with Gasteiger partial charge in [-0.05, 0) is 44.6 Å². The van der Waals surface area contributed by atoms with Crippen LogP contribution in [0.5, 0.6) is 0 Å². The van der Waals surface area contributed by atoms with Crippen molar-refractivity contribution < 1.29 is 8.85 Å². The average molecular weight is 233 g/mol. The van der Waals surface area contributed by atoms with Gasteiger partial charge in [0.15, 0.2) is 0 Å². The highest BCUT2D eigenvalue weighted by Crippen LogP contribution is 2.17. The molecule has 0 unspecified atom stereocenters. The molecule has 0 saturated carbocycles. The fourth-order valence-electron chi connectivity index (χ4n) is 1.31. The first-order valence-corrected chi connectivity index (χ1v) is 8.48. The molecule has 0 aliphatic rings. The van der Waals surface area contributed by atoms with Gasteiger partial charge in [0.25, 0.3) is 0 Å². The predicted octanol–water partition coefficient (Wildman–Crippen LogP) is 2.74. The van der Waals surface area contributed by atoms with Crippen LogP contribution >= 0.6 is 11.8 Å². The van der Waals surface area contributed by atoms with E-state index >= 15 is 0 Å². The van der Waals surface area contributed by atoms with Gasteiger partial charge in [-0.2, -0.15) is 5.26 Å². The Kier molecular flexibility index (Phi) is 8.29. The van der Waals surface area contributed by atoms with Crippen molar-refractivity contribution in [3.8, 4) is 5.40 Å². The van der Waals surface area contributed by atoms with Gasteiger partial charge in [-0.1, -0.05) is 0 Å². The molecule has 0 fully saturated rings. The first kappa shape index (κ1) is 14.0. The number of rotatable bonds is 8. The smallest absolute Gasteiger partial charge is 0.334 e. The number of nitriles is 1. The van der Waals surface area contributed by atoms with Crippen molar-refractivity contribution in [2.24, 2.45) is 0 Å². The molecule has 5 heteroatoms. The number of thioether (sulfide) groups is 1. The fraction of sp³-hybridized carbons (Fsp3) is 0.889. The normalized spacial score (nSPS) is 11.3. The van der Waals surface area contributed by atoms with Gasteiger partial charge >= 0.3 is 8.56 Å². The molecule has 0 saturated heterocycles. The summed E-state index contributed by atoms with van der Waals surface area (Å²) in [7, 11) is -1.92. The first-order valence-electron chi connectivity index (χ1n) is 4.97. The Balaban J connectivity index is 3.78. The Morgan fingerprint density at radius 1 is 1.29 bits per heavy atom. The zero-order chi connectivity index (χ0) is 10.9. The molecule has 0 radical (unpaired) electrons. The van der Waals surface area contributed by atoms with Crippen molar-refractivity contribution in [2.75, 3.05) is 19.0 Å². The summed E-state index contributed by atoms with van der Waals surface area (Å²) in [6.45, 7) is 7.52. The Morgan fingerprint density at radius 3 is 2.29 bits per heavy atom. The number of thiocyanates is 1. The maximum absolute atomic E-state index is 8.36. The molecule has 0 amide bonds. The third-order valence-electron chi connectivity index (χ3n) is 1.84. The highest BCUT2D eigenvalue weighted by atomic mass is 32.2. The van der Waals surface area contributed by atoms with E-state index in [1.54, 1.807) is 0 Å². The van der Waals surface area contributed by atoms with Crippen LogP contribution in [-0.4, -0.2) is 27.5 Å². The second kappa shape index (κ2) is 8.30. The lowest BCUT2D eigenvalue weighted by molar-refractivity contribution is 0.189. The van der Waals surface area contributed by atoms with Gasteiger partial charge in [0.05, 0.1) is 0 Å². The van der Waals surface area contributed by atoms with Gasteiger partial charge in [0, 0.05) is 19.0 Å². The van der Waals surface area contributed by atoms with Crippen LogP contribution in [0.3, 0.4) is 0 Å². The molecule has 0 aromatic carbocycles. The van der Waals surface area contributed by atoms with Crippen molar-refractivity contribution in [1.82, 2.24) is 0 Å². The summed E-state index contributed by atoms with van der Waals surface area (Å²) in [5, 5.41) is 10.4. The van der Waals surface area contributed by atoms with Crippen molar-refractivity contribution in [2.45, 2.75) is 32.9 Å². The zero-order valence-electron chi connectivity index (χ0n) is 9.21. The molecule has 0 heterocycles. The predicted molar refractivity (Wildman–Crippen MR) is 62.4 cm³/mol. The van der Waals surface area contributed by atoms with Gasteiger partial charge in [-0.25, -0.2) is 0 Å². The largest absolute Gasteiger partial charge is 0.395 e. The third kappa shape index (κ3) is 6.43. The molecule has 0 aliphatic heterocycles. The Bertz CT molecular complexity index is 178. The summed E-state index contributed by atoms with van der Waals surface area (Å²) in [4.78, 5) is 0. The highest BCUT2D eigenvalue weighted by Gasteiger charge is 2.29. The lowest BCUT2D eigenvalue weighted by Gasteiger charge is -2.25. The maximum Gasteiger partial charge on any atom is 0.334 e. The van der Waals surface area contributed by atoms with E-state index < -0.39 is 8.56 Å². The lowest BCUT2D eigenvalue weighted by atomic mass is 10.6. The molecule has 0 aromatic rings. The molecule has 0 rings (SSSR count). The molecule has 0 atom stereocenters. The molecule has 3 nitrogen and oxygen atoms in total. The number of nitrogens with zero attached hydrogens (tertiary/aromatic N) is 1. The average Bonchev–Trinajstić information content (AvgIpc) is 2.13. The summed E-state index contributed by atoms with van der Waals surface area (Å²) < 4.78 is 11.3. The van der Waals surface area contributed by atoms with E-state index in [4.69, 9.17) is 14.1 Å². The lowest BCUT2D eigenvalue weighted by Crippen LogP contribution is -2.38. The monoisotopic (exact) mass is 233 g/mol. The van der Waals surface area contributed by atoms with Crippen LogP contribution in [0, 0.1) is 10.7 Å². The van der Waals surface area contributed by atoms with Gasteiger partial charge in [-0.3, -0.25) is 0 Å². The standard InChI is InChI=1S/C9H19NO2SSi/c1-4-11-14(3,12-5-2)8-6-7-13-9-10/h4-8H2,1-3H3. The van der Waals surface area contributed by atoms with Gasteiger partial charge < -0.3 is 8.85 Å². The Morgan fingerprint density at radius 2 is 1.86 bits per heavy atom. The molecular weight excluding hydrogens is 214 g/mol. The Labute approximate surface area is 92.0 Å². The third-order valence-corrected chi connectivity index (χ3v) is 5.52. The van der Waals surface area contributed by atoms with E-state index in [9.17, 15) is 0 Å². The van der Waals surface area contributed by atoms with Gasteiger partial charge in [-0.15, -0.1) is 0 Å². The molecule has 0 spiro atoms. The van der Waals surface area contributed by atoms with Crippen molar-refractivity contribution in [3.63, 3.8) is 0 Å². The molecule has 0 aromatic heterocycles. The molecule has 82 valence electrons. The molecule has 0 aliphatic carbocycles. The summed E-state index contributed by atoms with van der Waals surface area (Å²) in [5.41, 5.74) is 0. The molecule has 0 bridgehead atoms. The summed E-state index contributed by atoms with van der Waals surface area (Å²) in [5.74, 6) is 0.874. The van der Waals surface area contributed by atoms with Gasteiger partial charge in [0.2, 0.25) is 0 Å². The second-order valence-corrected chi connectivity index (χ2v) is 7.27.